The largest absolute Gasteiger partial charge is 0.507 e. The second-order valence-electron chi connectivity index (χ2n) is 5.94. The van der Waals surface area contributed by atoms with Gasteiger partial charge in [0.1, 0.15) is 5.75 Å². The van der Waals surface area contributed by atoms with E-state index in [4.69, 9.17) is 0 Å². The van der Waals surface area contributed by atoms with Gasteiger partial charge in [-0.25, -0.2) is 0 Å². The van der Waals surface area contributed by atoms with Crippen LogP contribution >= 0.6 is 0 Å². The fourth-order valence-electron chi connectivity index (χ4n) is 2.50. The first kappa shape index (κ1) is 16.7. The molecule has 112 valence electrons. The summed E-state index contributed by atoms with van der Waals surface area (Å²) in [7, 11) is 0. The van der Waals surface area contributed by atoms with Crippen LogP contribution in [0.3, 0.4) is 0 Å². The second kappa shape index (κ2) is 8.08. The van der Waals surface area contributed by atoms with Gasteiger partial charge in [-0.3, -0.25) is 4.79 Å². The van der Waals surface area contributed by atoms with E-state index in [9.17, 15) is 9.90 Å². The highest BCUT2D eigenvalue weighted by molar-refractivity contribution is 6.00. The Kier molecular flexibility index (Phi) is 6.77. The monoisotopic (exact) mass is 276 g/mol. The summed E-state index contributed by atoms with van der Waals surface area (Å²) in [6.07, 6.45) is 6.21. The van der Waals surface area contributed by atoms with Crippen LogP contribution < -0.4 is 0 Å². The molecule has 0 heterocycles. The Morgan fingerprint density at radius 1 is 1.15 bits per heavy atom. The Hall–Kier alpha value is -1.31. The number of carbonyl (C=O) groups excluding carboxylic acids is 1. The molecule has 0 aliphatic carbocycles. The number of aromatic hydroxyl groups is 1. The number of unbranched alkanes of at least 4 members (excludes halogenated alkanes) is 4. The first-order chi connectivity index (χ1) is 9.49. The maximum Gasteiger partial charge on any atom is 0.166 e. The van der Waals surface area contributed by atoms with E-state index in [0.29, 0.717) is 12.0 Å². The molecule has 0 spiro atoms. The lowest BCUT2D eigenvalue weighted by Gasteiger charge is -2.15. The molecule has 0 unspecified atom stereocenters. The summed E-state index contributed by atoms with van der Waals surface area (Å²) in [4.78, 5) is 12.4. The predicted molar refractivity (Wildman–Crippen MR) is 84.6 cm³/mol. The van der Waals surface area contributed by atoms with Gasteiger partial charge in [-0.2, -0.15) is 0 Å². The van der Waals surface area contributed by atoms with E-state index in [1.165, 1.54) is 19.3 Å². The Morgan fingerprint density at radius 3 is 2.40 bits per heavy atom. The molecule has 0 saturated carbocycles. The van der Waals surface area contributed by atoms with Crippen LogP contribution in [-0.4, -0.2) is 10.9 Å². The first-order valence-corrected chi connectivity index (χ1v) is 7.84. The number of carbonyl (C=O) groups is 1. The van der Waals surface area contributed by atoms with Gasteiger partial charge in [0.2, 0.25) is 0 Å². The zero-order chi connectivity index (χ0) is 15.1. The minimum Gasteiger partial charge on any atom is -0.507 e. The van der Waals surface area contributed by atoms with Gasteiger partial charge in [-0.15, -0.1) is 0 Å². The molecule has 0 amide bonds. The molecule has 0 aliphatic rings. The van der Waals surface area contributed by atoms with E-state index in [0.717, 1.165) is 24.0 Å². The number of phenols is 1. The van der Waals surface area contributed by atoms with Crippen molar-refractivity contribution >= 4 is 5.78 Å². The second-order valence-corrected chi connectivity index (χ2v) is 5.94. The van der Waals surface area contributed by atoms with E-state index in [1.807, 2.05) is 19.1 Å². The van der Waals surface area contributed by atoms with Crippen LogP contribution in [0, 0.1) is 6.92 Å². The lowest BCUT2D eigenvalue weighted by atomic mass is 9.90. The number of ketones is 1. The Morgan fingerprint density at radius 2 is 1.80 bits per heavy atom. The molecule has 0 fully saturated rings. The van der Waals surface area contributed by atoms with Crippen LogP contribution in [0.5, 0.6) is 5.75 Å². The molecular formula is C18H28O2. The van der Waals surface area contributed by atoms with Gasteiger partial charge in [0.05, 0.1) is 5.56 Å². The van der Waals surface area contributed by atoms with E-state index in [1.54, 1.807) is 0 Å². The molecular weight excluding hydrogens is 248 g/mol. The third-order valence-electron chi connectivity index (χ3n) is 3.82. The lowest BCUT2D eigenvalue weighted by Crippen LogP contribution is -2.06. The van der Waals surface area contributed by atoms with Crippen molar-refractivity contribution in [3.63, 3.8) is 0 Å². The molecule has 0 saturated heterocycles. The van der Waals surface area contributed by atoms with Crippen molar-refractivity contribution in [2.24, 2.45) is 0 Å². The van der Waals surface area contributed by atoms with Gasteiger partial charge in [0.25, 0.3) is 0 Å². The first-order valence-electron chi connectivity index (χ1n) is 7.84. The average Bonchev–Trinajstić information content (AvgIpc) is 2.40. The zero-order valence-corrected chi connectivity index (χ0v) is 13.3. The maximum absolute atomic E-state index is 12.4. The van der Waals surface area contributed by atoms with Crippen molar-refractivity contribution in [2.45, 2.75) is 72.1 Å². The molecule has 1 N–H and O–H groups in total. The van der Waals surface area contributed by atoms with Crippen molar-refractivity contribution in [1.82, 2.24) is 0 Å². The van der Waals surface area contributed by atoms with Crippen molar-refractivity contribution in [2.75, 3.05) is 0 Å². The van der Waals surface area contributed by atoms with Gasteiger partial charge in [0.15, 0.2) is 5.78 Å². The Bertz CT molecular complexity index is 447. The van der Waals surface area contributed by atoms with Crippen LogP contribution in [0.15, 0.2) is 12.1 Å². The van der Waals surface area contributed by atoms with Crippen molar-refractivity contribution in [3.05, 3.63) is 28.8 Å². The van der Waals surface area contributed by atoms with E-state index in [2.05, 4.69) is 20.8 Å². The summed E-state index contributed by atoms with van der Waals surface area (Å²) in [6.45, 7) is 8.15. The minimum atomic E-state index is 0.0893. The number of benzene rings is 1. The summed E-state index contributed by atoms with van der Waals surface area (Å²) in [5.41, 5.74) is 2.30. The third kappa shape index (κ3) is 4.36. The minimum absolute atomic E-state index is 0.0893. The van der Waals surface area contributed by atoms with Crippen LogP contribution in [-0.2, 0) is 0 Å². The molecule has 2 heteroatoms. The molecule has 1 aromatic rings. The number of rotatable bonds is 8. The van der Waals surface area contributed by atoms with Crippen LogP contribution in [0.25, 0.3) is 0 Å². The SMILES string of the molecule is CCCCCCCC(=O)c1c(C(C)C)ccc(C)c1O. The summed E-state index contributed by atoms with van der Waals surface area (Å²) >= 11 is 0. The number of Topliss-reactive ketones (excluding diaryl/α,β-unsaturated/α-hetero) is 1. The summed E-state index contributed by atoms with van der Waals surface area (Å²) in [6, 6.07) is 3.87. The van der Waals surface area contributed by atoms with E-state index >= 15 is 0 Å². The molecule has 0 bridgehead atoms. The van der Waals surface area contributed by atoms with E-state index in [-0.39, 0.29) is 17.5 Å². The van der Waals surface area contributed by atoms with E-state index < -0.39 is 0 Å². The molecule has 0 atom stereocenters. The topological polar surface area (TPSA) is 37.3 Å². The summed E-state index contributed by atoms with van der Waals surface area (Å²) in [5.74, 6) is 0.515. The summed E-state index contributed by atoms with van der Waals surface area (Å²) < 4.78 is 0. The fraction of sp³-hybridized carbons (Fsp3) is 0.611. The number of hydrogen-bond acceptors (Lipinski definition) is 2. The highest BCUT2D eigenvalue weighted by Gasteiger charge is 2.19. The number of aryl methyl sites for hydroxylation is 1. The quantitative estimate of drug-likeness (QED) is 0.512. The predicted octanol–water partition coefficient (Wildman–Crippen LogP) is 5.37. The van der Waals surface area contributed by atoms with Crippen molar-refractivity contribution in [1.29, 1.82) is 0 Å². The van der Waals surface area contributed by atoms with Gasteiger partial charge < -0.3 is 5.11 Å². The van der Waals surface area contributed by atoms with Crippen LogP contribution in [0.1, 0.15) is 86.7 Å². The van der Waals surface area contributed by atoms with Gasteiger partial charge in [-0.1, -0.05) is 58.6 Å². The van der Waals surface area contributed by atoms with Gasteiger partial charge in [-0.05, 0) is 30.4 Å². The van der Waals surface area contributed by atoms with Gasteiger partial charge >= 0.3 is 0 Å². The van der Waals surface area contributed by atoms with Gasteiger partial charge in [0, 0.05) is 6.42 Å². The Balaban J connectivity index is 2.78. The highest BCUT2D eigenvalue weighted by atomic mass is 16.3. The van der Waals surface area contributed by atoms with Crippen LogP contribution in [0.4, 0.5) is 0 Å². The maximum atomic E-state index is 12.4. The van der Waals surface area contributed by atoms with Crippen LogP contribution in [0.2, 0.25) is 0 Å². The van der Waals surface area contributed by atoms with Crippen molar-refractivity contribution < 1.29 is 9.90 Å². The average molecular weight is 276 g/mol. The third-order valence-corrected chi connectivity index (χ3v) is 3.82. The molecule has 2 nitrogen and oxygen atoms in total. The molecule has 0 aromatic heterocycles. The normalized spacial score (nSPS) is 11.1. The number of hydrogen-bond donors (Lipinski definition) is 1. The standard InChI is InChI=1S/C18H28O2/c1-5-6-7-8-9-10-16(19)17-15(13(2)3)12-11-14(4)18(17)20/h11-13,20H,5-10H2,1-4H3. The smallest absolute Gasteiger partial charge is 0.166 e. The molecule has 0 aliphatic heterocycles. The van der Waals surface area contributed by atoms with Crippen molar-refractivity contribution in [3.8, 4) is 5.75 Å². The fourth-order valence-corrected chi connectivity index (χ4v) is 2.50. The lowest BCUT2D eigenvalue weighted by molar-refractivity contribution is 0.0975. The summed E-state index contributed by atoms with van der Waals surface area (Å²) in [5, 5.41) is 10.2. The zero-order valence-electron chi connectivity index (χ0n) is 13.3. The molecule has 1 rings (SSSR count). The number of phenolic OH excluding ortho intramolecular Hbond substituents is 1. The molecule has 0 radical (unpaired) electrons. The molecule has 20 heavy (non-hydrogen) atoms. The molecule has 1 aromatic carbocycles. The highest BCUT2D eigenvalue weighted by Crippen LogP contribution is 2.31. The Labute approximate surface area is 123 Å².